The minimum absolute atomic E-state index is 0.0666. The molecule has 0 atom stereocenters. The van der Waals surface area contributed by atoms with Crippen molar-refractivity contribution in [2.24, 2.45) is 0 Å². The molecule has 0 aliphatic heterocycles. The summed E-state index contributed by atoms with van der Waals surface area (Å²) in [6.45, 7) is 3.20. The molecule has 3 aromatic rings. The monoisotopic (exact) mass is 460 g/mol. The van der Waals surface area contributed by atoms with Crippen molar-refractivity contribution < 1.29 is 32.5 Å². The number of carboxylic acids is 1. The quantitative estimate of drug-likeness (QED) is 0.360. The third-order valence-electron chi connectivity index (χ3n) is 3.86. The normalized spacial score (nSPS) is 10.5. The van der Waals surface area contributed by atoms with Crippen LogP contribution in [-0.2, 0) is 14.9 Å². The fourth-order valence-electron chi connectivity index (χ4n) is 2.39. The van der Waals surface area contributed by atoms with E-state index in [1.54, 1.807) is 30.3 Å². The van der Waals surface area contributed by atoms with Crippen LogP contribution in [0.5, 0.6) is 0 Å². The van der Waals surface area contributed by atoms with Gasteiger partial charge in [-0.05, 0) is 37.3 Å². The number of aromatic carboxylic acids is 1. The summed E-state index contributed by atoms with van der Waals surface area (Å²) in [5.74, 6) is -2.01. The molecule has 1 aromatic heterocycles. The Morgan fingerprint density at radius 3 is 2.25 bits per heavy atom. The smallest absolute Gasteiger partial charge is 0.358 e. The van der Waals surface area contributed by atoms with Gasteiger partial charge in [-0.15, -0.1) is 0 Å². The number of hydrogen-bond donors (Lipinski definition) is 5. The molecule has 2 amide bonds. The Bertz CT molecular complexity index is 1230. The second-order valence-electron chi connectivity index (χ2n) is 6.46. The van der Waals surface area contributed by atoms with E-state index in [0.717, 1.165) is 5.56 Å². The summed E-state index contributed by atoms with van der Waals surface area (Å²) < 4.78 is 29.6. The first-order valence-corrected chi connectivity index (χ1v) is 10.4. The highest BCUT2D eigenvalue weighted by Gasteiger charge is 2.16. The number of nitrogens with one attached hydrogen (secondary N) is 3. The van der Waals surface area contributed by atoms with Crippen LogP contribution < -0.4 is 10.6 Å². The van der Waals surface area contributed by atoms with Gasteiger partial charge >= 0.3 is 5.97 Å². The molecule has 0 aliphatic rings. The molecule has 0 radical (unpaired) electrons. The first kappa shape index (κ1) is 24.2. The molecule has 12 heteroatoms. The van der Waals surface area contributed by atoms with Crippen LogP contribution in [0.1, 0.15) is 33.3 Å². The van der Waals surface area contributed by atoms with Gasteiger partial charge in [0.1, 0.15) is 0 Å². The Balaban J connectivity index is 0.000000278. The van der Waals surface area contributed by atoms with E-state index in [1.807, 2.05) is 6.92 Å². The third kappa shape index (κ3) is 7.04. The highest BCUT2D eigenvalue weighted by atomic mass is 32.2. The number of rotatable bonds is 5. The lowest BCUT2D eigenvalue weighted by Gasteiger charge is -2.06. The van der Waals surface area contributed by atoms with Gasteiger partial charge in [0, 0.05) is 24.4 Å². The van der Waals surface area contributed by atoms with Gasteiger partial charge in [-0.25, -0.2) is 4.79 Å². The molecule has 0 unspecified atom stereocenters. The Hall–Kier alpha value is -4.03. The summed E-state index contributed by atoms with van der Waals surface area (Å²) in [7, 11) is -4.02. The molecular weight excluding hydrogens is 440 g/mol. The standard InChI is InChI=1S/C13H12N4O4.C7H8O3S/c1-7(18)15-9-4-2-3-8(5-9)12(19)16-10-6-14-17-11(10)13(20)21;1-6-2-4-7(5-3-6)11(8,9)10/h2-6H,1H3,(H,14,17)(H,15,18)(H,16,19)(H,20,21);2-5H,1H3,(H,8,9,10). The minimum Gasteiger partial charge on any atom is -0.476 e. The molecule has 5 N–H and O–H groups in total. The van der Waals surface area contributed by atoms with Crippen LogP contribution in [0.2, 0.25) is 0 Å². The Morgan fingerprint density at radius 2 is 1.69 bits per heavy atom. The largest absolute Gasteiger partial charge is 0.476 e. The second-order valence-corrected chi connectivity index (χ2v) is 7.88. The molecule has 0 aliphatic carbocycles. The molecule has 1 heterocycles. The number of hydrogen-bond acceptors (Lipinski definition) is 6. The van der Waals surface area contributed by atoms with Crippen LogP contribution >= 0.6 is 0 Å². The molecule has 3 rings (SSSR count). The van der Waals surface area contributed by atoms with Crippen molar-refractivity contribution in [3.05, 3.63) is 71.5 Å². The number of aromatic nitrogens is 2. The lowest BCUT2D eigenvalue weighted by molar-refractivity contribution is -0.114. The summed E-state index contributed by atoms with van der Waals surface area (Å²) >= 11 is 0. The maximum absolute atomic E-state index is 12.1. The van der Waals surface area contributed by atoms with E-state index >= 15 is 0 Å². The summed E-state index contributed by atoms with van der Waals surface area (Å²) in [6.07, 6.45) is 1.28. The average Bonchev–Trinajstić information content (AvgIpc) is 3.16. The Labute approximate surface area is 183 Å². The zero-order chi connectivity index (χ0) is 23.9. The van der Waals surface area contributed by atoms with Gasteiger partial charge < -0.3 is 15.7 Å². The number of nitrogens with zero attached hydrogens (tertiary/aromatic N) is 1. The number of benzene rings is 2. The Kier molecular flexibility index (Phi) is 7.82. The van der Waals surface area contributed by atoms with Gasteiger partial charge in [-0.1, -0.05) is 23.8 Å². The Morgan fingerprint density at radius 1 is 1.03 bits per heavy atom. The van der Waals surface area contributed by atoms with Crippen molar-refractivity contribution in [1.82, 2.24) is 10.2 Å². The molecule has 0 bridgehead atoms. The molecule has 168 valence electrons. The summed E-state index contributed by atoms with van der Waals surface area (Å²) in [5.41, 5.74) is 1.50. The third-order valence-corrected chi connectivity index (χ3v) is 4.72. The number of carboxylic acid groups (broad SMARTS) is 1. The number of carbonyl (C=O) groups excluding carboxylic acids is 2. The summed E-state index contributed by atoms with van der Waals surface area (Å²) in [5, 5.41) is 19.8. The highest BCUT2D eigenvalue weighted by molar-refractivity contribution is 7.85. The van der Waals surface area contributed by atoms with E-state index in [2.05, 4.69) is 20.8 Å². The predicted molar refractivity (Wildman–Crippen MR) is 115 cm³/mol. The molecule has 0 fully saturated rings. The van der Waals surface area contributed by atoms with Gasteiger partial charge in [-0.3, -0.25) is 19.2 Å². The molecule has 2 aromatic carbocycles. The van der Waals surface area contributed by atoms with Crippen molar-refractivity contribution in [2.75, 3.05) is 10.6 Å². The first-order valence-electron chi connectivity index (χ1n) is 8.97. The number of aryl methyl sites for hydroxylation is 1. The van der Waals surface area contributed by atoms with Crippen molar-refractivity contribution in [1.29, 1.82) is 0 Å². The van der Waals surface area contributed by atoms with Crippen molar-refractivity contribution in [3.63, 3.8) is 0 Å². The molecule has 0 spiro atoms. The zero-order valence-corrected chi connectivity index (χ0v) is 17.8. The summed E-state index contributed by atoms with van der Waals surface area (Å²) in [4.78, 5) is 33.9. The van der Waals surface area contributed by atoms with Gasteiger partial charge in [0.15, 0.2) is 5.69 Å². The topological polar surface area (TPSA) is 179 Å². The van der Waals surface area contributed by atoms with Gasteiger partial charge in [0.25, 0.3) is 16.0 Å². The average molecular weight is 460 g/mol. The van der Waals surface area contributed by atoms with Gasteiger partial charge in [-0.2, -0.15) is 13.5 Å². The highest BCUT2D eigenvalue weighted by Crippen LogP contribution is 2.15. The molecule has 0 saturated carbocycles. The van der Waals surface area contributed by atoms with Crippen LogP contribution in [0, 0.1) is 6.92 Å². The van der Waals surface area contributed by atoms with Gasteiger partial charge in [0.05, 0.1) is 10.6 Å². The SMILES string of the molecule is CC(=O)Nc1cccc(C(=O)Nc2c[nH]nc2C(=O)O)c1.Cc1ccc(S(=O)(=O)O)cc1. The maximum atomic E-state index is 12.1. The van der Waals surface area contributed by atoms with Crippen LogP contribution in [0.3, 0.4) is 0 Å². The number of amides is 2. The van der Waals surface area contributed by atoms with E-state index in [0.29, 0.717) is 5.69 Å². The number of aromatic amines is 1. The zero-order valence-electron chi connectivity index (χ0n) is 17.0. The van der Waals surface area contributed by atoms with Crippen molar-refractivity contribution in [2.45, 2.75) is 18.7 Å². The number of anilines is 2. The number of H-pyrrole nitrogens is 1. The molecule has 0 saturated heterocycles. The van der Waals surface area contributed by atoms with E-state index in [9.17, 15) is 22.8 Å². The first-order chi connectivity index (χ1) is 15.0. The lowest BCUT2D eigenvalue weighted by atomic mass is 10.2. The lowest BCUT2D eigenvalue weighted by Crippen LogP contribution is -2.14. The second kappa shape index (κ2) is 10.3. The number of carbonyl (C=O) groups is 3. The fourth-order valence-corrected chi connectivity index (χ4v) is 2.87. The van der Waals surface area contributed by atoms with Crippen molar-refractivity contribution in [3.8, 4) is 0 Å². The maximum Gasteiger partial charge on any atom is 0.358 e. The van der Waals surface area contributed by atoms with E-state index in [-0.39, 0.29) is 27.7 Å². The molecular formula is C20H20N4O7S. The van der Waals surface area contributed by atoms with Crippen LogP contribution in [0.15, 0.2) is 59.6 Å². The predicted octanol–water partition coefficient (Wildman–Crippen LogP) is 2.56. The van der Waals surface area contributed by atoms with Crippen molar-refractivity contribution >= 4 is 39.3 Å². The van der Waals surface area contributed by atoms with E-state index < -0.39 is 22.0 Å². The fraction of sp³-hybridized carbons (Fsp3) is 0.100. The molecule has 11 nitrogen and oxygen atoms in total. The molecule has 32 heavy (non-hydrogen) atoms. The van der Waals surface area contributed by atoms with Crippen LogP contribution in [0.4, 0.5) is 11.4 Å². The van der Waals surface area contributed by atoms with E-state index in [4.69, 9.17) is 9.66 Å². The minimum atomic E-state index is -4.02. The summed E-state index contributed by atoms with van der Waals surface area (Å²) in [6, 6.07) is 12.3. The van der Waals surface area contributed by atoms with Crippen LogP contribution in [-0.4, -0.2) is 46.1 Å². The van der Waals surface area contributed by atoms with Gasteiger partial charge in [0.2, 0.25) is 5.91 Å². The van der Waals surface area contributed by atoms with E-state index in [1.165, 1.54) is 31.3 Å². The van der Waals surface area contributed by atoms with Crippen LogP contribution in [0.25, 0.3) is 0 Å².